The lowest BCUT2D eigenvalue weighted by atomic mass is 9.88. The summed E-state index contributed by atoms with van der Waals surface area (Å²) < 4.78 is 0. The molecule has 0 atom stereocenters. The normalized spacial score (nSPS) is 11.2. The highest BCUT2D eigenvalue weighted by Gasteiger charge is 2.24. The number of nitrogens with zero attached hydrogens (tertiary/aromatic N) is 1. The number of thiophene rings is 1. The number of aryl methyl sites for hydroxylation is 1. The van der Waals surface area contributed by atoms with Gasteiger partial charge in [0.1, 0.15) is 0 Å². The molecule has 0 N–H and O–H groups in total. The van der Waals surface area contributed by atoms with Gasteiger partial charge < -0.3 is 0 Å². The van der Waals surface area contributed by atoms with Crippen molar-refractivity contribution in [3.63, 3.8) is 0 Å². The third-order valence-electron chi connectivity index (χ3n) is 4.19. The van der Waals surface area contributed by atoms with E-state index in [1.165, 1.54) is 20.9 Å². The lowest BCUT2D eigenvalue weighted by molar-refractivity contribution is 0.928. The lowest BCUT2D eigenvalue weighted by Crippen LogP contribution is -2.05. The van der Waals surface area contributed by atoms with Crippen molar-refractivity contribution in [3.8, 4) is 9.75 Å². The largest absolute Gasteiger partial charge is 0.245 e. The molecule has 4 rings (SSSR count). The molecule has 0 unspecified atom stereocenters. The molecule has 2 aromatic carbocycles. The first kappa shape index (κ1) is 17.7. The first-order chi connectivity index (χ1) is 12.6. The summed E-state index contributed by atoms with van der Waals surface area (Å²) in [6.45, 7) is 2.06. The van der Waals surface area contributed by atoms with Gasteiger partial charge in [-0.3, -0.25) is 0 Å². The summed E-state index contributed by atoms with van der Waals surface area (Å²) >= 11 is 15.7. The van der Waals surface area contributed by atoms with Gasteiger partial charge in [-0.1, -0.05) is 53.5 Å². The van der Waals surface area contributed by atoms with Gasteiger partial charge in [0.25, 0.3) is 0 Å². The van der Waals surface area contributed by atoms with Crippen LogP contribution in [0.4, 0.5) is 0 Å². The van der Waals surface area contributed by atoms with E-state index in [1.807, 2.05) is 24.3 Å². The molecule has 0 bridgehead atoms. The van der Waals surface area contributed by atoms with Gasteiger partial charge in [-0.25, -0.2) is 4.98 Å². The minimum atomic E-state index is 0.0339. The van der Waals surface area contributed by atoms with Crippen LogP contribution < -0.4 is 0 Å². The number of rotatable bonds is 4. The van der Waals surface area contributed by atoms with E-state index in [-0.39, 0.29) is 5.92 Å². The number of hydrogen-bond donors (Lipinski definition) is 0. The molecular weight excluding hydrogens is 401 g/mol. The Morgan fingerprint density at radius 2 is 1.42 bits per heavy atom. The summed E-state index contributed by atoms with van der Waals surface area (Å²) in [5.41, 5.74) is 3.42. The minimum absolute atomic E-state index is 0.0339. The van der Waals surface area contributed by atoms with Crippen molar-refractivity contribution in [2.75, 3.05) is 0 Å². The van der Waals surface area contributed by atoms with Crippen molar-refractivity contribution >= 4 is 45.9 Å². The highest BCUT2D eigenvalue weighted by atomic mass is 35.5. The highest BCUT2D eigenvalue weighted by Crippen LogP contribution is 2.42. The number of hydrogen-bond acceptors (Lipinski definition) is 3. The summed E-state index contributed by atoms with van der Waals surface area (Å²) in [6.07, 6.45) is 0. The summed E-state index contributed by atoms with van der Waals surface area (Å²) in [6, 6.07) is 20.3. The second kappa shape index (κ2) is 7.53. The molecule has 0 aliphatic heterocycles. The molecule has 0 fully saturated rings. The van der Waals surface area contributed by atoms with Crippen molar-refractivity contribution in [2.45, 2.75) is 12.8 Å². The second-order valence-electron chi connectivity index (χ2n) is 5.96. The zero-order valence-corrected chi connectivity index (χ0v) is 17.1. The van der Waals surface area contributed by atoms with Gasteiger partial charge in [-0.2, -0.15) is 0 Å². The van der Waals surface area contributed by atoms with Crippen molar-refractivity contribution in [1.29, 1.82) is 0 Å². The van der Waals surface area contributed by atoms with E-state index < -0.39 is 0 Å². The van der Waals surface area contributed by atoms with Crippen LogP contribution in [0.3, 0.4) is 0 Å². The van der Waals surface area contributed by atoms with Gasteiger partial charge >= 0.3 is 0 Å². The fourth-order valence-corrected chi connectivity index (χ4v) is 5.11. The predicted molar refractivity (Wildman–Crippen MR) is 114 cm³/mol. The molecule has 130 valence electrons. The van der Waals surface area contributed by atoms with Crippen LogP contribution in [0.1, 0.15) is 27.7 Å². The average molecular weight is 416 g/mol. The molecule has 2 heterocycles. The molecule has 0 spiro atoms. The van der Waals surface area contributed by atoms with Gasteiger partial charge in [0.2, 0.25) is 0 Å². The Morgan fingerprint density at radius 1 is 0.846 bits per heavy atom. The molecule has 0 aliphatic carbocycles. The molecule has 0 saturated carbocycles. The first-order valence-electron chi connectivity index (χ1n) is 8.14. The molecule has 0 amide bonds. The fraction of sp³-hybridized carbons (Fsp3) is 0.0952. The van der Waals surface area contributed by atoms with E-state index in [0.29, 0.717) is 0 Å². The van der Waals surface area contributed by atoms with Gasteiger partial charge in [-0.15, -0.1) is 22.7 Å². The maximum atomic E-state index is 6.12. The molecule has 0 saturated heterocycles. The topological polar surface area (TPSA) is 12.9 Å². The van der Waals surface area contributed by atoms with E-state index in [4.69, 9.17) is 28.2 Å². The summed E-state index contributed by atoms with van der Waals surface area (Å²) in [5, 5.41) is 4.64. The molecule has 0 radical (unpaired) electrons. The third-order valence-corrected chi connectivity index (χ3v) is 6.73. The van der Waals surface area contributed by atoms with Gasteiger partial charge in [-0.05, 0) is 53.8 Å². The van der Waals surface area contributed by atoms with Crippen molar-refractivity contribution in [1.82, 2.24) is 4.98 Å². The summed E-state index contributed by atoms with van der Waals surface area (Å²) in [7, 11) is 0. The van der Waals surface area contributed by atoms with Crippen LogP contribution in [0.15, 0.2) is 66.0 Å². The molecular formula is C21H15Cl2NS2. The SMILES string of the molecule is Cc1nc(C(c2ccc(Cl)cc2)c2ccc(Cl)cc2)c(-c2cccs2)s1. The van der Waals surface area contributed by atoms with Crippen molar-refractivity contribution in [3.05, 3.63) is 97.9 Å². The Labute approximate surface area is 170 Å². The lowest BCUT2D eigenvalue weighted by Gasteiger charge is -2.18. The maximum Gasteiger partial charge on any atom is 0.0904 e. The first-order valence-corrected chi connectivity index (χ1v) is 10.6. The maximum absolute atomic E-state index is 6.12. The smallest absolute Gasteiger partial charge is 0.0904 e. The van der Waals surface area contributed by atoms with E-state index in [9.17, 15) is 0 Å². The predicted octanol–water partition coefficient (Wildman–Crippen LogP) is 7.67. The number of thiazole rings is 1. The monoisotopic (exact) mass is 415 g/mol. The molecule has 26 heavy (non-hydrogen) atoms. The van der Waals surface area contributed by atoms with E-state index in [0.717, 1.165) is 20.7 Å². The van der Waals surface area contributed by atoms with Gasteiger partial charge in [0.05, 0.1) is 21.5 Å². The van der Waals surface area contributed by atoms with Crippen LogP contribution in [-0.4, -0.2) is 4.98 Å². The van der Waals surface area contributed by atoms with Crippen LogP contribution in [0.25, 0.3) is 9.75 Å². The van der Waals surface area contributed by atoms with E-state index in [1.54, 1.807) is 22.7 Å². The quantitative estimate of drug-likeness (QED) is 0.333. The summed E-state index contributed by atoms with van der Waals surface area (Å²) in [5.74, 6) is 0.0339. The Hall–Kier alpha value is -1.65. The third kappa shape index (κ3) is 3.58. The minimum Gasteiger partial charge on any atom is -0.245 e. The van der Waals surface area contributed by atoms with Crippen LogP contribution in [0.5, 0.6) is 0 Å². The standard InChI is InChI=1S/C21H15Cl2NS2/c1-13-24-20(21(26-13)18-3-2-12-25-18)19(14-4-8-16(22)9-5-14)15-6-10-17(23)11-7-15/h2-12,19H,1H3. The summed E-state index contributed by atoms with van der Waals surface area (Å²) in [4.78, 5) is 7.40. The molecule has 2 aromatic heterocycles. The molecule has 1 nitrogen and oxygen atoms in total. The van der Waals surface area contributed by atoms with Crippen molar-refractivity contribution in [2.24, 2.45) is 0 Å². The number of benzene rings is 2. The zero-order valence-electron chi connectivity index (χ0n) is 13.9. The van der Waals surface area contributed by atoms with Crippen LogP contribution >= 0.6 is 45.9 Å². The molecule has 0 aliphatic rings. The van der Waals surface area contributed by atoms with Gasteiger partial charge in [0, 0.05) is 14.9 Å². The van der Waals surface area contributed by atoms with Crippen molar-refractivity contribution < 1.29 is 0 Å². The zero-order chi connectivity index (χ0) is 18.1. The van der Waals surface area contributed by atoms with Crippen LogP contribution in [0, 0.1) is 6.92 Å². The fourth-order valence-electron chi connectivity index (χ4n) is 3.04. The van der Waals surface area contributed by atoms with E-state index >= 15 is 0 Å². The van der Waals surface area contributed by atoms with Gasteiger partial charge in [0.15, 0.2) is 0 Å². The van der Waals surface area contributed by atoms with Crippen LogP contribution in [0.2, 0.25) is 10.0 Å². The molecule has 4 aromatic rings. The van der Waals surface area contributed by atoms with E-state index in [2.05, 4.69) is 48.7 Å². The average Bonchev–Trinajstić information content (AvgIpc) is 3.28. The number of halogens is 2. The highest BCUT2D eigenvalue weighted by molar-refractivity contribution is 7.21. The second-order valence-corrected chi connectivity index (χ2v) is 8.98. The Kier molecular flexibility index (Phi) is 5.14. The molecule has 5 heteroatoms. The number of aromatic nitrogens is 1. The Bertz CT molecular complexity index is 958. The Morgan fingerprint density at radius 3 is 1.92 bits per heavy atom. The van der Waals surface area contributed by atoms with Crippen LogP contribution in [-0.2, 0) is 0 Å². The Balaban J connectivity index is 1.91.